The number of H-pyrrole nitrogens is 2. The lowest BCUT2D eigenvalue weighted by atomic mass is 9.97. The molecule has 8 bridgehead atoms. The minimum Gasteiger partial charge on any atom is -0.477 e. The van der Waals surface area contributed by atoms with E-state index in [1.54, 1.807) is 6.07 Å². The molecule has 7 nitrogen and oxygen atoms in total. The zero-order valence-corrected chi connectivity index (χ0v) is 41.2. The Kier molecular flexibility index (Phi) is 12.0. The minimum absolute atomic E-state index is 0.323. The molecule has 0 spiro atoms. The second-order valence-corrected chi connectivity index (χ2v) is 19.2. The standard InChI is InChI=1S/C64H53N5O2/c1-36-21-37(2)26-47(25-36)59-52-15-16-53(66-52)60(48-27-38(3)22-39(4)28-48)55-19-20-57(68-55)62(50-31-42(7)24-43(8)32-50)63-46(14-13-44-9-11-45(12-10-44)33-51(35-65)64(70)71)34-58(69-63)61(56-18-17-54(59)67-56)49-29-40(5)23-41(6)30-49/h9-34,66,69H,1-8H3,(H,70,71)/b14-13+,51-33+,59-52?,59-54?,60-53?,60-55?,61-56?,61-58?,62-57?,63-62?. The third-order valence-corrected chi connectivity index (χ3v) is 13.0. The lowest BCUT2D eigenvalue weighted by Gasteiger charge is -2.10. The Labute approximate surface area is 414 Å². The van der Waals surface area contributed by atoms with Crippen molar-refractivity contribution >= 4 is 70.6 Å². The number of rotatable bonds is 8. The van der Waals surface area contributed by atoms with Crippen LogP contribution in [0.3, 0.4) is 0 Å². The van der Waals surface area contributed by atoms with Gasteiger partial charge < -0.3 is 15.1 Å². The Balaban J connectivity index is 1.38. The van der Waals surface area contributed by atoms with Crippen molar-refractivity contribution in [3.63, 3.8) is 0 Å². The Morgan fingerprint density at radius 1 is 0.465 bits per heavy atom. The zero-order valence-electron chi connectivity index (χ0n) is 41.2. The smallest absolute Gasteiger partial charge is 0.346 e. The van der Waals surface area contributed by atoms with Crippen LogP contribution in [0.5, 0.6) is 0 Å². The third kappa shape index (κ3) is 9.36. The van der Waals surface area contributed by atoms with Gasteiger partial charge in [-0.2, -0.15) is 5.26 Å². The molecule has 0 amide bonds. The van der Waals surface area contributed by atoms with Crippen molar-refractivity contribution in [3.05, 3.63) is 205 Å². The Morgan fingerprint density at radius 3 is 1.23 bits per heavy atom. The van der Waals surface area contributed by atoms with Crippen LogP contribution in [0.1, 0.15) is 84.0 Å². The fourth-order valence-electron chi connectivity index (χ4n) is 10.3. The predicted molar refractivity (Wildman–Crippen MR) is 295 cm³/mol. The highest BCUT2D eigenvalue weighted by molar-refractivity contribution is 6.03. The molecule has 8 aromatic rings. The predicted octanol–water partition coefficient (Wildman–Crippen LogP) is 16.0. The van der Waals surface area contributed by atoms with Crippen LogP contribution < -0.4 is 0 Å². The monoisotopic (exact) mass is 923 g/mol. The maximum Gasteiger partial charge on any atom is 0.346 e. The normalized spacial score (nSPS) is 12.2. The molecule has 346 valence electrons. The van der Waals surface area contributed by atoms with Crippen LogP contribution in [0.4, 0.5) is 0 Å². The number of hydrogen-bond acceptors (Lipinski definition) is 4. The number of aromatic amines is 2. The van der Waals surface area contributed by atoms with Crippen LogP contribution in [0.2, 0.25) is 0 Å². The fraction of sp³-hybridized carbons (Fsp3) is 0.125. The average Bonchev–Trinajstić information content (AvgIpc) is 4.14. The summed E-state index contributed by atoms with van der Waals surface area (Å²) in [5.74, 6) is -1.26. The summed E-state index contributed by atoms with van der Waals surface area (Å²) in [6.45, 7) is 17.1. The van der Waals surface area contributed by atoms with Gasteiger partial charge in [0, 0.05) is 44.4 Å². The molecule has 0 aliphatic carbocycles. The molecule has 0 fully saturated rings. The third-order valence-electron chi connectivity index (χ3n) is 13.0. The highest BCUT2D eigenvalue weighted by Crippen LogP contribution is 2.41. The lowest BCUT2D eigenvalue weighted by Crippen LogP contribution is -1.97. The summed E-state index contributed by atoms with van der Waals surface area (Å²) < 4.78 is 0. The quantitative estimate of drug-likeness (QED) is 0.104. The molecule has 3 aromatic heterocycles. The fourth-order valence-corrected chi connectivity index (χ4v) is 10.3. The number of fused-ring (bicyclic) bond motifs is 8. The summed E-state index contributed by atoms with van der Waals surface area (Å²) in [6.07, 6.45) is 14.2. The summed E-state index contributed by atoms with van der Waals surface area (Å²) in [5, 5.41) is 18.9. The lowest BCUT2D eigenvalue weighted by molar-refractivity contribution is -0.132. The number of carboxylic acids is 1. The number of hydrogen-bond donors (Lipinski definition) is 3. The SMILES string of the molecule is Cc1cc(C)cc(-c2c3nc(c(-c4cc(C)cc(C)c4)c4cc(/C=C/c5ccc(/C=C(\C#N)C(=O)O)cc5)c([nH]4)c(-c4cc(C)cc(C)c4)c4nc(c(-c5cc(C)cc(C)c5)c5ccc2[nH]5)C=C4)C=C3)c1. The van der Waals surface area contributed by atoms with Crippen molar-refractivity contribution in [2.45, 2.75) is 55.4 Å². The van der Waals surface area contributed by atoms with Crippen LogP contribution in [-0.2, 0) is 4.79 Å². The van der Waals surface area contributed by atoms with Gasteiger partial charge in [-0.15, -0.1) is 0 Å². The first kappa shape index (κ1) is 45.9. The number of carbonyl (C=O) groups is 1. The first-order valence-corrected chi connectivity index (χ1v) is 23.8. The van der Waals surface area contributed by atoms with Gasteiger partial charge in [-0.25, -0.2) is 14.8 Å². The van der Waals surface area contributed by atoms with Crippen molar-refractivity contribution in [2.75, 3.05) is 0 Å². The topological polar surface area (TPSA) is 118 Å². The molecular weight excluding hydrogens is 871 g/mol. The average molecular weight is 924 g/mol. The van der Waals surface area contributed by atoms with E-state index < -0.39 is 5.97 Å². The van der Waals surface area contributed by atoms with Gasteiger partial charge in [-0.3, -0.25) is 0 Å². The first-order valence-electron chi connectivity index (χ1n) is 23.8. The number of aromatic nitrogens is 4. The van der Waals surface area contributed by atoms with Crippen molar-refractivity contribution < 1.29 is 9.90 Å². The molecule has 5 aromatic carbocycles. The number of carboxylic acid groups (broad SMARTS) is 1. The van der Waals surface area contributed by atoms with E-state index >= 15 is 0 Å². The minimum atomic E-state index is -1.26. The summed E-state index contributed by atoms with van der Waals surface area (Å²) >= 11 is 0. The van der Waals surface area contributed by atoms with E-state index in [0.29, 0.717) is 5.56 Å². The van der Waals surface area contributed by atoms with Gasteiger partial charge in [0.2, 0.25) is 0 Å². The van der Waals surface area contributed by atoms with Gasteiger partial charge in [0.05, 0.1) is 28.3 Å². The number of aliphatic carboxylic acids is 1. The molecule has 0 saturated carbocycles. The Bertz CT molecular complexity index is 3800. The zero-order chi connectivity index (χ0) is 49.7. The van der Waals surface area contributed by atoms with Gasteiger partial charge in [0.15, 0.2) is 0 Å². The summed E-state index contributed by atoms with van der Waals surface area (Å²) in [7, 11) is 0. The van der Waals surface area contributed by atoms with Crippen molar-refractivity contribution in [3.8, 4) is 50.6 Å². The highest BCUT2D eigenvalue weighted by atomic mass is 16.4. The molecule has 0 atom stereocenters. The molecule has 3 N–H and O–H groups in total. The number of aryl methyl sites for hydroxylation is 8. The molecule has 2 aliphatic rings. The van der Waals surface area contributed by atoms with E-state index in [2.05, 4.69) is 193 Å². The van der Waals surface area contributed by atoms with Crippen LogP contribution in [0.25, 0.3) is 109 Å². The molecule has 0 saturated heterocycles. The molecule has 0 radical (unpaired) electrons. The van der Waals surface area contributed by atoms with Gasteiger partial charge in [-0.05, 0) is 137 Å². The molecule has 10 rings (SSSR count). The van der Waals surface area contributed by atoms with E-state index in [9.17, 15) is 15.2 Å². The molecule has 2 aliphatic heterocycles. The molecule has 5 heterocycles. The summed E-state index contributed by atoms with van der Waals surface area (Å²) in [5.41, 5.74) is 26.6. The summed E-state index contributed by atoms with van der Waals surface area (Å²) in [6, 6.07) is 42.6. The van der Waals surface area contributed by atoms with E-state index in [0.717, 1.165) is 123 Å². The van der Waals surface area contributed by atoms with Crippen LogP contribution >= 0.6 is 0 Å². The van der Waals surface area contributed by atoms with Crippen LogP contribution in [0.15, 0.2) is 121 Å². The number of nitriles is 1. The van der Waals surface area contributed by atoms with E-state index in [1.165, 1.54) is 28.3 Å². The van der Waals surface area contributed by atoms with E-state index in [1.807, 2.05) is 24.3 Å². The van der Waals surface area contributed by atoms with Crippen molar-refractivity contribution in [2.24, 2.45) is 0 Å². The molecular formula is C64H53N5O2. The number of nitrogens with zero attached hydrogens (tertiary/aromatic N) is 3. The molecule has 7 heteroatoms. The molecule has 71 heavy (non-hydrogen) atoms. The van der Waals surface area contributed by atoms with Crippen molar-refractivity contribution in [1.82, 2.24) is 19.9 Å². The van der Waals surface area contributed by atoms with Gasteiger partial charge in [0.25, 0.3) is 0 Å². The molecule has 0 unspecified atom stereocenters. The maximum absolute atomic E-state index is 11.6. The van der Waals surface area contributed by atoms with Crippen molar-refractivity contribution in [1.29, 1.82) is 5.26 Å². The van der Waals surface area contributed by atoms with Crippen LogP contribution in [0, 0.1) is 66.7 Å². The first-order chi connectivity index (χ1) is 34.2. The Hall–Kier alpha value is -8.86. The second kappa shape index (κ2) is 18.6. The van der Waals surface area contributed by atoms with E-state index in [4.69, 9.17) is 9.97 Å². The number of nitrogens with one attached hydrogen (secondary N) is 2. The maximum atomic E-state index is 11.6. The van der Waals surface area contributed by atoms with E-state index in [-0.39, 0.29) is 5.57 Å². The largest absolute Gasteiger partial charge is 0.477 e. The van der Waals surface area contributed by atoms with Gasteiger partial charge in [-0.1, -0.05) is 154 Å². The van der Waals surface area contributed by atoms with Gasteiger partial charge in [0.1, 0.15) is 11.6 Å². The van der Waals surface area contributed by atoms with Crippen LogP contribution in [-0.4, -0.2) is 31.0 Å². The highest BCUT2D eigenvalue weighted by Gasteiger charge is 2.21. The number of benzene rings is 5. The second-order valence-electron chi connectivity index (χ2n) is 19.2. The summed E-state index contributed by atoms with van der Waals surface area (Å²) in [4.78, 5) is 30.8. The Morgan fingerprint density at radius 2 is 0.831 bits per heavy atom. The van der Waals surface area contributed by atoms with Gasteiger partial charge >= 0.3 is 5.97 Å².